The molecule has 0 amide bonds. The summed E-state index contributed by atoms with van der Waals surface area (Å²) < 4.78 is 38.1. The van der Waals surface area contributed by atoms with Crippen molar-refractivity contribution < 1.29 is 13.2 Å². The van der Waals surface area contributed by atoms with Crippen molar-refractivity contribution in [3.05, 3.63) is 35.0 Å². The number of hydrogen-bond donors (Lipinski definition) is 2. The molecule has 3 rings (SSSR count). The standard InChI is InChI=1S/C13H13F3N2/c14-13(15,16)7-4-5-11-9(6-7)8-2-1-3-10(17)12(8)18-11/h4-6,10,18H,1-3,17H2/t10-/m1/s1. The average Bonchev–Trinajstić information content (AvgIpc) is 2.67. The molecule has 0 unspecified atom stereocenters. The van der Waals surface area contributed by atoms with Crippen LogP contribution in [0.25, 0.3) is 10.9 Å². The Balaban J connectivity index is 2.22. The van der Waals surface area contributed by atoms with Gasteiger partial charge in [-0.05, 0) is 43.0 Å². The zero-order valence-electron chi connectivity index (χ0n) is 9.64. The van der Waals surface area contributed by atoms with E-state index in [1.54, 1.807) is 0 Å². The molecule has 0 fully saturated rings. The fourth-order valence-corrected chi connectivity index (χ4v) is 2.67. The van der Waals surface area contributed by atoms with E-state index >= 15 is 0 Å². The van der Waals surface area contributed by atoms with Crippen molar-refractivity contribution in [2.75, 3.05) is 0 Å². The quantitative estimate of drug-likeness (QED) is 0.742. The van der Waals surface area contributed by atoms with Gasteiger partial charge in [-0.3, -0.25) is 0 Å². The molecule has 1 aliphatic carbocycles. The van der Waals surface area contributed by atoms with Crippen LogP contribution in [0.3, 0.4) is 0 Å². The number of fused-ring (bicyclic) bond motifs is 3. The number of H-pyrrole nitrogens is 1. The Morgan fingerprint density at radius 2 is 2.06 bits per heavy atom. The summed E-state index contributed by atoms with van der Waals surface area (Å²) in [4.78, 5) is 3.15. The molecular weight excluding hydrogens is 241 g/mol. The van der Waals surface area contributed by atoms with Crippen molar-refractivity contribution >= 4 is 10.9 Å². The molecule has 1 atom stereocenters. The van der Waals surface area contributed by atoms with Crippen LogP contribution in [-0.4, -0.2) is 4.98 Å². The average molecular weight is 254 g/mol. The number of hydrogen-bond acceptors (Lipinski definition) is 1. The van der Waals surface area contributed by atoms with E-state index < -0.39 is 11.7 Å². The van der Waals surface area contributed by atoms with Crippen molar-refractivity contribution in [2.45, 2.75) is 31.5 Å². The molecule has 5 heteroatoms. The van der Waals surface area contributed by atoms with Gasteiger partial charge in [0.2, 0.25) is 0 Å². The molecule has 96 valence electrons. The fraction of sp³-hybridized carbons (Fsp3) is 0.385. The molecular formula is C13H13F3N2. The highest BCUT2D eigenvalue weighted by molar-refractivity contribution is 5.86. The zero-order valence-corrected chi connectivity index (χ0v) is 9.64. The monoisotopic (exact) mass is 254 g/mol. The molecule has 0 radical (unpaired) electrons. The van der Waals surface area contributed by atoms with Gasteiger partial charge in [-0.2, -0.15) is 13.2 Å². The van der Waals surface area contributed by atoms with Gasteiger partial charge in [-0.25, -0.2) is 0 Å². The summed E-state index contributed by atoms with van der Waals surface area (Å²) in [7, 11) is 0. The summed E-state index contributed by atoms with van der Waals surface area (Å²) in [6.45, 7) is 0. The molecule has 2 nitrogen and oxygen atoms in total. The predicted molar refractivity (Wildman–Crippen MR) is 63.2 cm³/mol. The number of aromatic amines is 1. The van der Waals surface area contributed by atoms with Gasteiger partial charge in [0.25, 0.3) is 0 Å². The Morgan fingerprint density at radius 3 is 2.78 bits per heavy atom. The van der Waals surface area contributed by atoms with Crippen LogP contribution >= 0.6 is 0 Å². The Kier molecular flexibility index (Phi) is 2.41. The largest absolute Gasteiger partial charge is 0.416 e. The first kappa shape index (κ1) is 11.6. The van der Waals surface area contributed by atoms with Crippen LogP contribution in [0.1, 0.15) is 35.7 Å². The Bertz CT molecular complexity index is 598. The lowest BCUT2D eigenvalue weighted by atomic mass is 9.92. The van der Waals surface area contributed by atoms with Crippen LogP contribution in [0.15, 0.2) is 18.2 Å². The third kappa shape index (κ3) is 1.70. The topological polar surface area (TPSA) is 41.8 Å². The minimum absolute atomic E-state index is 0.0875. The molecule has 0 aliphatic heterocycles. The van der Waals surface area contributed by atoms with E-state index in [9.17, 15) is 13.2 Å². The van der Waals surface area contributed by atoms with Gasteiger partial charge in [0, 0.05) is 22.6 Å². The minimum atomic E-state index is -4.30. The first-order chi connectivity index (χ1) is 8.47. The normalized spacial score (nSPS) is 20.1. The Morgan fingerprint density at radius 1 is 1.28 bits per heavy atom. The summed E-state index contributed by atoms with van der Waals surface area (Å²) in [5, 5.41) is 0.662. The van der Waals surface area contributed by atoms with Gasteiger partial charge in [0.15, 0.2) is 0 Å². The van der Waals surface area contributed by atoms with E-state index in [0.717, 1.165) is 42.1 Å². The van der Waals surface area contributed by atoms with Crippen LogP contribution in [0, 0.1) is 0 Å². The fourth-order valence-electron chi connectivity index (χ4n) is 2.67. The second-order valence-corrected chi connectivity index (χ2v) is 4.77. The maximum atomic E-state index is 12.7. The van der Waals surface area contributed by atoms with E-state index in [4.69, 9.17) is 5.73 Å². The SMILES string of the molecule is N[C@@H]1CCCc2c1[nH]c1ccc(C(F)(F)F)cc21. The number of halogens is 3. The molecule has 3 N–H and O–H groups in total. The third-order valence-electron chi connectivity index (χ3n) is 3.58. The van der Waals surface area contributed by atoms with Crippen LogP contribution in [0.2, 0.25) is 0 Å². The summed E-state index contributed by atoms with van der Waals surface area (Å²) in [5.74, 6) is 0. The van der Waals surface area contributed by atoms with Crippen LogP contribution in [0.4, 0.5) is 13.2 Å². The molecule has 0 saturated heterocycles. The zero-order chi connectivity index (χ0) is 12.9. The van der Waals surface area contributed by atoms with Gasteiger partial charge in [-0.1, -0.05) is 0 Å². The van der Waals surface area contributed by atoms with Crippen molar-refractivity contribution in [3.8, 4) is 0 Å². The third-order valence-corrected chi connectivity index (χ3v) is 3.58. The van der Waals surface area contributed by atoms with E-state index in [0.29, 0.717) is 5.39 Å². The second-order valence-electron chi connectivity index (χ2n) is 4.77. The number of aryl methyl sites for hydroxylation is 1. The Hall–Kier alpha value is -1.49. The summed E-state index contributed by atoms with van der Waals surface area (Å²) in [6.07, 6.45) is -1.69. The van der Waals surface area contributed by atoms with Crippen molar-refractivity contribution in [1.82, 2.24) is 4.98 Å². The van der Waals surface area contributed by atoms with Crippen LogP contribution in [0.5, 0.6) is 0 Å². The van der Waals surface area contributed by atoms with Crippen molar-refractivity contribution in [2.24, 2.45) is 5.73 Å². The molecule has 0 bridgehead atoms. The molecule has 2 aromatic rings. The molecule has 1 aliphatic rings. The number of alkyl halides is 3. The maximum Gasteiger partial charge on any atom is 0.416 e. The number of rotatable bonds is 0. The lowest BCUT2D eigenvalue weighted by Gasteiger charge is -2.18. The van der Waals surface area contributed by atoms with E-state index in [-0.39, 0.29) is 6.04 Å². The first-order valence-electron chi connectivity index (χ1n) is 5.94. The number of benzene rings is 1. The van der Waals surface area contributed by atoms with Gasteiger partial charge in [0.1, 0.15) is 0 Å². The van der Waals surface area contributed by atoms with E-state index in [2.05, 4.69) is 4.98 Å². The highest BCUT2D eigenvalue weighted by Crippen LogP contribution is 2.37. The van der Waals surface area contributed by atoms with Gasteiger partial charge >= 0.3 is 6.18 Å². The minimum Gasteiger partial charge on any atom is -0.357 e. The summed E-state index contributed by atoms with van der Waals surface area (Å²) in [5.41, 5.74) is 7.97. The highest BCUT2D eigenvalue weighted by Gasteiger charge is 2.31. The van der Waals surface area contributed by atoms with E-state index in [1.165, 1.54) is 12.1 Å². The summed E-state index contributed by atoms with van der Waals surface area (Å²) >= 11 is 0. The molecule has 18 heavy (non-hydrogen) atoms. The predicted octanol–water partition coefficient (Wildman–Crippen LogP) is 3.52. The molecule has 0 spiro atoms. The van der Waals surface area contributed by atoms with Gasteiger partial charge in [-0.15, -0.1) is 0 Å². The molecule has 1 aromatic heterocycles. The number of aromatic nitrogens is 1. The maximum absolute atomic E-state index is 12.7. The smallest absolute Gasteiger partial charge is 0.357 e. The van der Waals surface area contributed by atoms with Crippen LogP contribution in [-0.2, 0) is 12.6 Å². The Labute approximate surface area is 102 Å². The lowest BCUT2D eigenvalue weighted by Crippen LogP contribution is -2.16. The summed E-state index contributed by atoms with van der Waals surface area (Å²) in [6, 6.07) is 3.73. The molecule has 0 saturated carbocycles. The second kappa shape index (κ2) is 3.75. The highest BCUT2D eigenvalue weighted by atomic mass is 19.4. The van der Waals surface area contributed by atoms with Gasteiger partial charge < -0.3 is 10.7 Å². The van der Waals surface area contributed by atoms with Crippen LogP contribution < -0.4 is 5.73 Å². The van der Waals surface area contributed by atoms with Crippen molar-refractivity contribution in [3.63, 3.8) is 0 Å². The number of nitrogens with two attached hydrogens (primary N) is 1. The molecule has 1 aromatic carbocycles. The van der Waals surface area contributed by atoms with Crippen molar-refractivity contribution in [1.29, 1.82) is 0 Å². The number of nitrogens with one attached hydrogen (secondary N) is 1. The molecule has 1 heterocycles. The van der Waals surface area contributed by atoms with E-state index in [1.807, 2.05) is 0 Å². The first-order valence-corrected chi connectivity index (χ1v) is 5.94. The lowest BCUT2D eigenvalue weighted by molar-refractivity contribution is -0.137. The van der Waals surface area contributed by atoms with Gasteiger partial charge in [0.05, 0.1) is 5.56 Å².